The standard InChI is InChI=1S/C51H34N3PSe/c56-55(47-17-9-7-15-45(47)46-16-8-10-18-48(46)55)44-33-31-40(32-34-44)38-21-19-37(20-22-38)39-25-29-43(30-26-39)51-53-49(41-13-5-2-6-14-41)52-50(54-51)42-27-23-36(24-28-42)35-11-3-1-4-12-35/h1-34H/q+1. The first-order valence-corrected chi connectivity index (χ1v) is 22.7. The van der Waals surface area contributed by atoms with Crippen LogP contribution in [-0.2, 0) is 0 Å². The van der Waals surface area contributed by atoms with Crippen molar-refractivity contribution in [1.82, 2.24) is 15.0 Å². The second-order valence-electron chi connectivity index (χ2n) is 14.0. The number of nitrogens with zero attached hydrogens (tertiary/aromatic N) is 3. The van der Waals surface area contributed by atoms with Crippen molar-refractivity contribution in [2.24, 2.45) is 0 Å². The summed E-state index contributed by atoms with van der Waals surface area (Å²) in [5, 5.41) is 4.20. The number of hydrogen-bond donors (Lipinski definition) is 0. The molecule has 0 amide bonds. The van der Waals surface area contributed by atoms with Gasteiger partial charge in [-0.3, -0.25) is 0 Å². The number of hydrogen-bond acceptors (Lipinski definition) is 3. The molecule has 0 atom stereocenters. The topological polar surface area (TPSA) is 38.7 Å². The van der Waals surface area contributed by atoms with Crippen LogP contribution in [0.2, 0.25) is 0 Å². The van der Waals surface area contributed by atoms with Crippen LogP contribution in [-0.4, -0.2) is 30.5 Å². The molecule has 1 aromatic heterocycles. The molecule has 0 saturated carbocycles. The molecule has 0 saturated heterocycles. The first-order valence-electron chi connectivity index (χ1n) is 18.7. The second-order valence-corrected chi connectivity index (χ2v) is 20.1. The van der Waals surface area contributed by atoms with E-state index in [4.69, 9.17) is 15.0 Å². The number of aromatic nitrogens is 3. The molecule has 263 valence electrons. The summed E-state index contributed by atoms with van der Waals surface area (Å²) in [6.07, 6.45) is 0. The van der Waals surface area contributed by atoms with Crippen molar-refractivity contribution < 1.29 is 0 Å². The molecule has 0 bridgehead atoms. The normalized spacial score (nSPS) is 12.5. The third-order valence-electron chi connectivity index (χ3n) is 10.6. The van der Waals surface area contributed by atoms with Gasteiger partial charge in [0.05, 0.1) is 0 Å². The molecule has 0 unspecified atom stereocenters. The van der Waals surface area contributed by atoms with Crippen LogP contribution in [0.4, 0.5) is 0 Å². The summed E-state index contributed by atoms with van der Waals surface area (Å²) in [5.41, 5.74) is 12.6. The van der Waals surface area contributed by atoms with Crippen LogP contribution in [0.5, 0.6) is 0 Å². The zero-order valence-electron chi connectivity index (χ0n) is 30.3. The fourth-order valence-electron chi connectivity index (χ4n) is 7.68. The molecule has 0 N–H and O–H groups in total. The average molecular weight is 799 g/mol. The quantitative estimate of drug-likeness (QED) is 0.119. The molecule has 2 heterocycles. The van der Waals surface area contributed by atoms with Crippen LogP contribution in [0.1, 0.15) is 0 Å². The van der Waals surface area contributed by atoms with Gasteiger partial charge in [-0.2, -0.15) is 0 Å². The predicted octanol–water partition coefficient (Wildman–Crippen LogP) is 11.2. The Bertz CT molecular complexity index is 2780. The summed E-state index contributed by atoms with van der Waals surface area (Å²) in [5.74, 6) is 0.115. The van der Waals surface area contributed by atoms with Crippen LogP contribution < -0.4 is 15.9 Å². The maximum absolute atomic E-state index is 4.99. The molecule has 8 aromatic carbocycles. The Hall–Kier alpha value is -6.28. The van der Waals surface area contributed by atoms with Gasteiger partial charge in [-0.15, -0.1) is 0 Å². The number of rotatable bonds is 7. The van der Waals surface area contributed by atoms with E-state index >= 15 is 0 Å². The third-order valence-corrected chi connectivity index (χ3v) is 17.6. The molecule has 5 heteroatoms. The Morgan fingerprint density at radius 2 is 0.536 bits per heavy atom. The van der Waals surface area contributed by atoms with Crippen molar-refractivity contribution >= 4 is 37.4 Å². The van der Waals surface area contributed by atoms with E-state index in [0.29, 0.717) is 17.5 Å². The summed E-state index contributed by atoms with van der Waals surface area (Å²) < 4.78 is 0. The summed E-state index contributed by atoms with van der Waals surface area (Å²) in [6.45, 7) is 0. The van der Waals surface area contributed by atoms with E-state index in [1.54, 1.807) is 0 Å². The van der Waals surface area contributed by atoms with Crippen LogP contribution in [0.15, 0.2) is 206 Å². The van der Waals surface area contributed by atoms with E-state index in [1.807, 2.05) is 36.4 Å². The molecular weight excluding hydrogens is 765 g/mol. The zero-order chi connectivity index (χ0) is 37.5. The van der Waals surface area contributed by atoms with E-state index in [2.05, 4.69) is 185 Å². The van der Waals surface area contributed by atoms with Gasteiger partial charge in [0.15, 0.2) is 17.5 Å². The summed E-state index contributed by atoms with van der Waals surface area (Å²) in [7, 11) is 0. The fraction of sp³-hybridized carbons (Fsp3) is 0. The molecule has 0 aliphatic carbocycles. The molecule has 1 radical (unpaired) electrons. The average Bonchev–Trinajstić information content (AvgIpc) is 3.55. The third kappa shape index (κ3) is 6.19. The van der Waals surface area contributed by atoms with Gasteiger partial charge >= 0.3 is 192 Å². The molecule has 0 fully saturated rings. The van der Waals surface area contributed by atoms with Gasteiger partial charge in [-0.05, 0) is 11.1 Å². The zero-order valence-corrected chi connectivity index (χ0v) is 32.9. The molecule has 1 aliphatic rings. The van der Waals surface area contributed by atoms with Crippen molar-refractivity contribution in [3.05, 3.63) is 206 Å². The first-order chi connectivity index (χ1) is 27.6. The van der Waals surface area contributed by atoms with E-state index in [0.717, 1.165) is 33.4 Å². The molecule has 56 heavy (non-hydrogen) atoms. The maximum atomic E-state index is 4.99. The molecule has 9 aromatic rings. The van der Waals surface area contributed by atoms with Crippen molar-refractivity contribution in [2.45, 2.75) is 0 Å². The minimum atomic E-state index is -1.83. The first kappa shape index (κ1) is 34.2. The number of fused-ring (bicyclic) bond motifs is 3. The van der Waals surface area contributed by atoms with Gasteiger partial charge in [0.25, 0.3) is 0 Å². The van der Waals surface area contributed by atoms with Gasteiger partial charge < -0.3 is 0 Å². The Morgan fingerprint density at radius 3 is 0.929 bits per heavy atom. The number of benzene rings is 8. The monoisotopic (exact) mass is 799 g/mol. The molecule has 3 nitrogen and oxygen atoms in total. The molecule has 1 aliphatic heterocycles. The Morgan fingerprint density at radius 1 is 0.268 bits per heavy atom. The van der Waals surface area contributed by atoms with E-state index in [9.17, 15) is 0 Å². The van der Waals surface area contributed by atoms with E-state index in [-0.39, 0.29) is 0 Å². The van der Waals surface area contributed by atoms with Crippen molar-refractivity contribution in [3.8, 4) is 78.7 Å². The summed E-state index contributed by atoms with van der Waals surface area (Å²) in [6, 6.07) is 73.2. The molecule has 10 rings (SSSR count). The predicted molar refractivity (Wildman–Crippen MR) is 236 cm³/mol. The van der Waals surface area contributed by atoms with E-state index < -0.39 is 5.95 Å². The Balaban J connectivity index is 0.914. The Kier molecular flexibility index (Phi) is 8.81. The minimum absolute atomic E-state index is 0.643. The Labute approximate surface area is 335 Å². The van der Waals surface area contributed by atoms with Crippen LogP contribution in [0.25, 0.3) is 78.7 Å². The van der Waals surface area contributed by atoms with Crippen molar-refractivity contribution in [2.75, 3.05) is 0 Å². The van der Waals surface area contributed by atoms with Crippen molar-refractivity contribution in [1.29, 1.82) is 0 Å². The van der Waals surface area contributed by atoms with Gasteiger partial charge in [0.1, 0.15) is 0 Å². The summed E-state index contributed by atoms with van der Waals surface area (Å²) >= 11 is 3.71. The van der Waals surface area contributed by atoms with Gasteiger partial charge in [-0.1, -0.05) is 84.9 Å². The molecular formula is C51H34N3PSe+. The van der Waals surface area contributed by atoms with Crippen LogP contribution >= 0.6 is 5.95 Å². The van der Waals surface area contributed by atoms with Gasteiger partial charge in [0.2, 0.25) is 0 Å². The van der Waals surface area contributed by atoms with Crippen molar-refractivity contribution in [3.63, 3.8) is 0 Å². The second kappa shape index (κ2) is 14.4. The fourth-order valence-corrected chi connectivity index (χ4v) is 13.5. The van der Waals surface area contributed by atoms with E-state index in [1.165, 1.54) is 43.7 Å². The van der Waals surface area contributed by atoms with Gasteiger partial charge in [-0.25, -0.2) is 15.0 Å². The van der Waals surface area contributed by atoms with Crippen LogP contribution in [0.3, 0.4) is 0 Å². The van der Waals surface area contributed by atoms with Gasteiger partial charge in [0, 0.05) is 16.7 Å². The molecule has 0 spiro atoms. The summed E-state index contributed by atoms with van der Waals surface area (Å²) in [4.78, 5) is 14.9. The SMILES string of the molecule is [Se][P+]1(c2ccc(-c3ccc(-c4ccc(-c5nc(-c6ccccc6)nc(-c6ccc(-c7ccccc7)cc6)n5)cc4)cc3)cc2)c2ccccc2-c2ccccc21. The van der Waals surface area contributed by atoms with Crippen LogP contribution in [0, 0.1) is 0 Å².